The lowest BCUT2D eigenvalue weighted by Crippen LogP contribution is -2.31. The van der Waals surface area contributed by atoms with Gasteiger partial charge in [-0.05, 0) is 124 Å². The third kappa shape index (κ3) is 3.86. The first kappa shape index (κ1) is 25.6. The number of aromatic amines is 4. The number of H-pyrrole nitrogens is 4. The number of hydrogen-bond acceptors (Lipinski definition) is 0. The molecule has 4 nitrogen and oxygen atoms in total. The Labute approximate surface area is 238 Å². The summed E-state index contributed by atoms with van der Waals surface area (Å²) in [6.07, 6.45) is 12.4. The molecule has 7 rings (SSSR count). The highest BCUT2D eigenvalue weighted by Crippen LogP contribution is 2.47. The molecule has 0 saturated heterocycles. The Morgan fingerprint density at radius 1 is 0.375 bits per heavy atom. The van der Waals surface area contributed by atoms with Crippen molar-refractivity contribution in [3.05, 3.63) is 94.1 Å². The van der Waals surface area contributed by atoms with Crippen LogP contribution in [-0.4, -0.2) is 19.9 Å². The van der Waals surface area contributed by atoms with Gasteiger partial charge >= 0.3 is 0 Å². The van der Waals surface area contributed by atoms with Crippen molar-refractivity contribution in [2.45, 2.75) is 103 Å². The quantitative estimate of drug-likeness (QED) is 0.174. The van der Waals surface area contributed by atoms with E-state index in [0.717, 1.165) is 0 Å². The van der Waals surface area contributed by atoms with E-state index in [-0.39, 0.29) is 10.8 Å². The van der Waals surface area contributed by atoms with Gasteiger partial charge in [0.2, 0.25) is 0 Å². The van der Waals surface area contributed by atoms with Gasteiger partial charge in [0.25, 0.3) is 0 Å². The van der Waals surface area contributed by atoms with Crippen molar-refractivity contribution in [2.24, 2.45) is 0 Å². The van der Waals surface area contributed by atoms with E-state index in [9.17, 15) is 0 Å². The van der Waals surface area contributed by atoms with Crippen LogP contribution >= 0.6 is 0 Å². The van der Waals surface area contributed by atoms with Crippen LogP contribution in [0.4, 0.5) is 0 Å². The minimum absolute atomic E-state index is 0.00905. The van der Waals surface area contributed by atoms with E-state index < -0.39 is 0 Å². The molecular formula is C36H44N4. The second-order valence-electron chi connectivity index (χ2n) is 12.9. The number of nitrogens with one attached hydrogen (secondary N) is 4. The second-order valence-corrected chi connectivity index (χ2v) is 12.9. The van der Waals surface area contributed by atoms with E-state index in [1.54, 1.807) is 0 Å². The van der Waals surface area contributed by atoms with Crippen molar-refractivity contribution >= 4 is 22.3 Å². The zero-order valence-electron chi connectivity index (χ0n) is 24.7. The smallest absolute Gasteiger partial charge is 0.0503 e. The van der Waals surface area contributed by atoms with Crippen molar-refractivity contribution in [2.75, 3.05) is 0 Å². The number of fused-ring (bicyclic) bond motifs is 12. The number of aromatic nitrogens is 4. The molecule has 4 aromatic rings. The van der Waals surface area contributed by atoms with Crippen molar-refractivity contribution in [1.29, 1.82) is 0 Å². The monoisotopic (exact) mass is 532 g/mol. The molecule has 208 valence electrons. The Morgan fingerprint density at radius 3 is 0.875 bits per heavy atom. The summed E-state index contributed by atoms with van der Waals surface area (Å²) in [4.78, 5) is 15.7. The SMILES string of the molecule is C/C1=C(\C)c2ccc([nH]2)C2(CCCCC2)c2ccc([nH]2)/C(C)=C(/C)c2ccc([nH]2)C2(CCCCC2)c2ccc1[nH]2. The Bertz CT molecular complexity index is 1370. The van der Waals surface area contributed by atoms with Crippen LogP contribution in [0.5, 0.6) is 0 Å². The van der Waals surface area contributed by atoms with Crippen molar-refractivity contribution in [3.8, 4) is 0 Å². The maximum Gasteiger partial charge on any atom is 0.0503 e. The summed E-state index contributed by atoms with van der Waals surface area (Å²) in [5.74, 6) is 0. The zero-order valence-corrected chi connectivity index (χ0v) is 24.7. The molecule has 0 aromatic carbocycles. The van der Waals surface area contributed by atoms with Gasteiger partial charge in [-0.2, -0.15) is 0 Å². The van der Waals surface area contributed by atoms with Crippen LogP contribution in [0.15, 0.2) is 48.5 Å². The van der Waals surface area contributed by atoms with Gasteiger partial charge in [-0.1, -0.05) is 38.5 Å². The summed E-state index contributed by atoms with van der Waals surface area (Å²) >= 11 is 0. The Hall–Kier alpha value is -3.40. The molecule has 5 heterocycles. The maximum absolute atomic E-state index is 3.93. The first-order chi connectivity index (χ1) is 19.4. The topological polar surface area (TPSA) is 63.2 Å². The molecule has 8 bridgehead atoms. The Morgan fingerprint density at radius 2 is 0.625 bits per heavy atom. The molecule has 2 aliphatic carbocycles. The third-order valence-electron chi connectivity index (χ3n) is 11.0. The lowest BCUT2D eigenvalue weighted by molar-refractivity contribution is 0.333. The largest absolute Gasteiger partial charge is 0.358 e. The van der Waals surface area contributed by atoms with Crippen LogP contribution in [0.25, 0.3) is 22.3 Å². The molecule has 4 N–H and O–H groups in total. The van der Waals surface area contributed by atoms with Gasteiger partial charge < -0.3 is 19.9 Å². The summed E-state index contributed by atoms with van der Waals surface area (Å²) < 4.78 is 0. The lowest BCUT2D eigenvalue weighted by atomic mass is 9.69. The van der Waals surface area contributed by atoms with Gasteiger partial charge in [-0.3, -0.25) is 0 Å². The summed E-state index contributed by atoms with van der Waals surface area (Å²) in [6, 6.07) is 18.7. The van der Waals surface area contributed by atoms with Crippen LogP contribution in [0.2, 0.25) is 0 Å². The fraction of sp³-hybridized carbons (Fsp3) is 0.444. The maximum atomic E-state index is 3.93. The molecule has 0 atom stereocenters. The first-order valence-electron chi connectivity index (χ1n) is 15.6. The van der Waals surface area contributed by atoms with Crippen LogP contribution in [0.1, 0.15) is 137 Å². The zero-order chi connectivity index (χ0) is 27.5. The molecule has 2 saturated carbocycles. The molecular weight excluding hydrogens is 488 g/mol. The Kier molecular flexibility index (Phi) is 6.14. The fourth-order valence-electron chi connectivity index (χ4n) is 8.06. The summed E-state index contributed by atoms with van der Waals surface area (Å²) in [5, 5.41) is 0. The molecule has 1 aliphatic heterocycles. The van der Waals surface area contributed by atoms with Crippen molar-refractivity contribution in [1.82, 2.24) is 19.9 Å². The number of hydrogen-bond donors (Lipinski definition) is 4. The van der Waals surface area contributed by atoms with Crippen LogP contribution in [0, 0.1) is 0 Å². The predicted molar refractivity (Wildman–Crippen MR) is 167 cm³/mol. The van der Waals surface area contributed by atoms with E-state index >= 15 is 0 Å². The standard InChI is InChI=1S/C36H44N4/c1-23-24(2)28-12-16-32(38-28)36(21-9-6-10-22-36)34-18-14-30(40-34)26(4)25(3)29-13-17-33(39-29)35(19-7-5-8-20-35)31-15-11-27(23)37-31/h11-18,37-40H,5-10,19-22H2,1-4H3/b24-23-,26-25-. The fourth-order valence-corrected chi connectivity index (χ4v) is 8.06. The normalized spacial score (nSPS) is 24.3. The average molecular weight is 533 g/mol. The van der Waals surface area contributed by atoms with Crippen LogP contribution in [-0.2, 0) is 10.8 Å². The van der Waals surface area contributed by atoms with Gasteiger partial charge in [-0.25, -0.2) is 0 Å². The summed E-state index contributed by atoms with van der Waals surface area (Å²) in [7, 11) is 0. The van der Waals surface area contributed by atoms with Gasteiger partial charge in [0.05, 0.1) is 10.8 Å². The molecule has 40 heavy (non-hydrogen) atoms. The minimum atomic E-state index is 0.00905. The number of allylic oxidation sites excluding steroid dienone is 4. The van der Waals surface area contributed by atoms with E-state index in [4.69, 9.17) is 0 Å². The summed E-state index contributed by atoms with van der Waals surface area (Å²) in [6.45, 7) is 9.09. The highest BCUT2D eigenvalue weighted by Gasteiger charge is 2.40. The van der Waals surface area contributed by atoms with Gasteiger partial charge in [0.15, 0.2) is 0 Å². The third-order valence-corrected chi connectivity index (χ3v) is 11.0. The molecule has 0 amide bonds. The first-order valence-corrected chi connectivity index (χ1v) is 15.6. The van der Waals surface area contributed by atoms with Crippen LogP contribution < -0.4 is 0 Å². The van der Waals surface area contributed by atoms with Gasteiger partial charge in [-0.15, -0.1) is 0 Å². The highest BCUT2D eigenvalue weighted by molar-refractivity contribution is 5.88. The van der Waals surface area contributed by atoms with Crippen LogP contribution in [0.3, 0.4) is 0 Å². The van der Waals surface area contributed by atoms with E-state index in [1.807, 2.05) is 0 Å². The predicted octanol–water partition coefficient (Wildman–Crippen LogP) is 9.71. The number of rotatable bonds is 0. The average Bonchev–Trinajstić information content (AvgIpc) is 3.82. The minimum Gasteiger partial charge on any atom is -0.358 e. The van der Waals surface area contributed by atoms with E-state index in [1.165, 1.54) is 132 Å². The van der Waals surface area contributed by atoms with Crippen molar-refractivity contribution in [3.63, 3.8) is 0 Å². The van der Waals surface area contributed by atoms with E-state index in [2.05, 4.69) is 96.2 Å². The molecule has 4 aromatic heterocycles. The molecule has 3 aliphatic rings. The molecule has 0 radical (unpaired) electrons. The lowest BCUT2D eigenvalue weighted by Gasteiger charge is -2.36. The van der Waals surface area contributed by atoms with Gasteiger partial charge in [0, 0.05) is 45.6 Å². The Balaban J connectivity index is 1.45. The van der Waals surface area contributed by atoms with Gasteiger partial charge in [0.1, 0.15) is 0 Å². The highest BCUT2D eigenvalue weighted by atomic mass is 14.8. The molecule has 4 heteroatoms. The molecule has 2 fully saturated rings. The van der Waals surface area contributed by atoms with E-state index in [0.29, 0.717) is 0 Å². The molecule has 0 unspecified atom stereocenters. The second kappa shape index (κ2) is 9.61. The summed E-state index contributed by atoms with van der Waals surface area (Å²) in [5.41, 5.74) is 15.6. The molecule has 2 spiro atoms. The van der Waals surface area contributed by atoms with Crippen molar-refractivity contribution < 1.29 is 0 Å².